The van der Waals surface area contributed by atoms with Gasteiger partial charge in [-0.1, -0.05) is 56.0 Å². The van der Waals surface area contributed by atoms with Crippen LogP contribution < -0.4 is 5.32 Å². The third-order valence-electron chi connectivity index (χ3n) is 4.10. The second-order valence-corrected chi connectivity index (χ2v) is 5.79. The number of benzene rings is 1. The minimum absolute atomic E-state index is 0.433. The highest BCUT2D eigenvalue weighted by molar-refractivity contribution is 6.32. The monoisotopic (exact) mass is 265 g/mol. The second-order valence-electron chi connectivity index (χ2n) is 5.41. The van der Waals surface area contributed by atoms with E-state index >= 15 is 0 Å². The normalized spacial score (nSPS) is 18.8. The predicted molar refractivity (Wildman–Crippen MR) is 79.2 cm³/mol. The Morgan fingerprint density at radius 3 is 2.67 bits per heavy atom. The minimum atomic E-state index is 0.433. The molecule has 1 N–H and O–H groups in total. The number of rotatable bonds is 4. The molecule has 1 atom stereocenters. The van der Waals surface area contributed by atoms with Crippen LogP contribution in [0.15, 0.2) is 18.2 Å². The molecule has 1 nitrogen and oxygen atoms in total. The van der Waals surface area contributed by atoms with Crippen LogP contribution >= 0.6 is 11.6 Å². The topological polar surface area (TPSA) is 12.0 Å². The van der Waals surface area contributed by atoms with Gasteiger partial charge in [0.25, 0.3) is 0 Å². The van der Waals surface area contributed by atoms with Crippen molar-refractivity contribution in [1.82, 2.24) is 5.32 Å². The molecule has 1 aromatic carbocycles. The number of hydrogen-bond donors (Lipinski definition) is 1. The van der Waals surface area contributed by atoms with Crippen LogP contribution in [0, 0.1) is 12.8 Å². The predicted octanol–water partition coefficient (Wildman–Crippen LogP) is 4.88. The molecule has 0 bridgehead atoms. The van der Waals surface area contributed by atoms with Crippen molar-refractivity contribution >= 4 is 11.6 Å². The molecule has 1 unspecified atom stereocenters. The van der Waals surface area contributed by atoms with Crippen molar-refractivity contribution < 1.29 is 0 Å². The fourth-order valence-electron chi connectivity index (χ4n) is 3.13. The lowest BCUT2D eigenvalue weighted by molar-refractivity contribution is 0.274. The summed E-state index contributed by atoms with van der Waals surface area (Å²) in [6.45, 7) is 5.28. The SMILES string of the molecule is CCNC(c1cccc(C)c1Cl)C1CCCCC1. The molecule has 1 aromatic rings. The van der Waals surface area contributed by atoms with Gasteiger partial charge in [-0.05, 0) is 43.4 Å². The molecule has 100 valence electrons. The Kier molecular flexibility index (Phi) is 5.08. The van der Waals surface area contributed by atoms with Gasteiger partial charge in [0.15, 0.2) is 0 Å². The third kappa shape index (κ3) is 3.07. The van der Waals surface area contributed by atoms with Gasteiger partial charge in [0.1, 0.15) is 0 Å². The Balaban J connectivity index is 2.25. The number of halogens is 1. The first-order chi connectivity index (χ1) is 8.74. The summed E-state index contributed by atoms with van der Waals surface area (Å²) in [5, 5.41) is 4.61. The summed E-state index contributed by atoms with van der Waals surface area (Å²) >= 11 is 6.50. The first kappa shape index (κ1) is 13.9. The second kappa shape index (κ2) is 6.58. The lowest BCUT2D eigenvalue weighted by atomic mass is 9.81. The zero-order chi connectivity index (χ0) is 13.0. The van der Waals surface area contributed by atoms with Crippen LogP contribution in [0.4, 0.5) is 0 Å². The van der Waals surface area contributed by atoms with E-state index in [4.69, 9.17) is 11.6 Å². The fraction of sp³-hybridized carbons (Fsp3) is 0.625. The summed E-state index contributed by atoms with van der Waals surface area (Å²) in [4.78, 5) is 0. The maximum Gasteiger partial charge on any atom is 0.0483 e. The summed E-state index contributed by atoms with van der Waals surface area (Å²) in [7, 11) is 0. The van der Waals surface area contributed by atoms with Crippen molar-refractivity contribution in [2.24, 2.45) is 5.92 Å². The van der Waals surface area contributed by atoms with Crippen LogP contribution in [0.1, 0.15) is 56.2 Å². The van der Waals surface area contributed by atoms with E-state index in [0.29, 0.717) is 6.04 Å². The van der Waals surface area contributed by atoms with Gasteiger partial charge in [-0.15, -0.1) is 0 Å². The lowest BCUT2D eigenvalue weighted by Gasteiger charge is -2.32. The van der Waals surface area contributed by atoms with Crippen LogP contribution in [0.5, 0.6) is 0 Å². The summed E-state index contributed by atoms with van der Waals surface area (Å²) in [5.74, 6) is 0.748. The van der Waals surface area contributed by atoms with Crippen molar-refractivity contribution in [2.45, 2.75) is 52.0 Å². The molecule has 2 rings (SSSR count). The highest BCUT2D eigenvalue weighted by Gasteiger charge is 2.26. The Bertz CT molecular complexity index is 383. The molecule has 1 aliphatic carbocycles. The van der Waals surface area contributed by atoms with E-state index in [0.717, 1.165) is 17.5 Å². The summed E-state index contributed by atoms with van der Waals surface area (Å²) in [5.41, 5.74) is 2.48. The van der Waals surface area contributed by atoms with Crippen LogP contribution in [0.2, 0.25) is 5.02 Å². The summed E-state index contributed by atoms with van der Waals surface area (Å²) in [6, 6.07) is 6.85. The molecule has 0 saturated heterocycles. The van der Waals surface area contributed by atoms with Crippen LogP contribution in [-0.4, -0.2) is 6.54 Å². The van der Waals surface area contributed by atoms with Crippen LogP contribution in [0.25, 0.3) is 0 Å². The van der Waals surface area contributed by atoms with Crippen molar-refractivity contribution in [1.29, 1.82) is 0 Å². The Labute approximate surface area is 116 Å². The molecule has 0 heterocycles. The molecule has 0 amide bonds. The minimum Gasteiger partial charge on any atom is -0.310 e. The van der Waals surface area contributed by atoms with Gasteiger partial charge in [0.05, 0.1) is 0 Å². The number of hydrogen-bond acceptors (Lipinski definition) is 1. The Hall–Kier alpha value is -0.530. The number of aryl methyl sites for hydroxylation is 1. The zero-order valence-corrected chi connectivity index (χ0v) is 12.3. The van der Waals surface area contributed by atoms with E-state index < -0.39 is 0 Å². The first-order valence-corrected chi connectivity index (χ1v) is 7.60. The standard InChI is InChI=1S/C16H24ClN/c1-3-18-16(13-9-5-4-6-10-13)14-11-7-8-12(2)15(14)17/h7-8,11,13,16,18H,3-6,9-10H2,1-2H3. The molecule has 0 aliphatic heterocycles. The van der Waals surface area contributed by atoms with Crippen LogP contribution in [0.3, 0.4) is 0 Å². The fourth-order valence-corrected chi connectivity index (χ4v) is 3.37. The number of nitrogens with one attached hydrogen (secondary N) is 1. The average Bonchev–Trinajstić information content (AvgIpc) is 2.41. The molecule has 1 saturated carbocycles. The Morgan fingerprint density at radius 2 is 2.00 bits per heavy atom. The van der Waals surface area contributed by atoms with Gasteiger partial charge in [-0.25, -0.2) is 0 Å². The van der Waals surface area contributed by atoms with Gasteiger partial charge in [0.2, 0.25) is 0 Å². The summed E-state index contributed by atoms with van der Waals surface area (Å²) in [6.07, 6.45) is 6.81. The maximum absolute atomic E-state index is 6.50. The van der Waals surface area contributed by atoms with Gasteiger partial charge in [-0.2, -0.15) is 0 Å². The molecular weight excluding hydrogens is 242 g/mol. The van der Waals surface area contributed by atoms with Gasteiger partial charge >= 0.3 is 0 Å². The summed E-state index contributed by atoms with van der Waals surface area (Å²) < 4.78 is 0. The van der Waals surface area contributed by atoms with Crippen molar-refractivity contribution in [3.63, 3.8) is 0 Å². The van der Waals surface area contributed by atoms with Crippen molar-refractivity contribution in [2.75, 3.05) is 6.54 Å². The van der Waals surface area contributed by atoms with Gasteiger partial charge < -0.3 is 5.32 Å². The average molecular weight is 266 g/mol. The van der Waals surface area contributed by atoms with Crippen LogP contribution in [-0.2, 0) is 0 Å². The Morgan fingerprint density at radius 1 is 1.28 bits per heavy atom. The first-order valence-electron chi connectivity index (χ1n) is 7.22. The van der Waals surface area contributed by atoms with E-state index in [2.05, 4.69) is 37.4 Å². The lowest BCUT2D eigenvalue weighted by Crippen LogP contribution is -2.30. The molecule has 1 aliphatic rings. The van der Waals surface area contributed by atoms with E-state index in [9.17, 15) is 0 Å². The smallest absolute Gasteiger partial charge is 0.0483 e. The highest BCUT2D eigenvalue weighted by Crippen LogP contribution is 2.37. The van der Waals surface area contributed by atoms with E-state index in [1.54, 1.807) is 0 Å². The van der Waals surface area contributed by atoms with Gasteiger partial charge in [0, 0.05) is 11.1 Å². The molecule has 0 spiro atoms. The van der Waals surface area contributed by atoms with E-state index in [-0.39, 0.29) is 0 Å². The molecule has 18 heavy (non-hydrogen) atoms. The quantitative estimate of drug-likeness (QED) is 0.818. The highest BCUT2D eigenvalue weighted by atomic mass is 35.5. The molecule has 2 heteroatoms. The van der Waals surface area contributed by atoms with Crippen molar-refractivity contribution in [3.05, 3.63) is 34.3 Å². The zero-order valence-electron chi connectivity index (χ0n) is 11.5. The van der Waals surface area contributed by atoms with Crippen molar-refractivity contribution in [3.8, 4) is 0 Å². The molecule has 0 radical (unpaired) electrons. The van der Waals surface area contributed by atoms with Gasteiger partial charge in [-0.3, -0.25) is 0 Å². The third-order valence-corrected chi connectivity index (χ3v) is 4.62. The largest absolute Gasteiger partial charge is 0.310 e. The molecule has 0 aromatic heterocycles. The molecular formula is C16H24ClN. The maximum atomic E-state index is 6.50. The molecule has 1 fully saturated rings. The van der Waals surface area contributed by atoms with E-state index in [1.807, 2.05) is 0 Å². The van der Waals surface area contributed by atoms with E-state index in [1.165, 1.54) is 43.2 Å².